The van der Waals surface area contributed by atoms with Crippen molar-refractivity contribution < 1.29 is 103 Å². The number of Topliss-reactive ketones (excluding diaryl/α,β-unsaturated/α-hetero) is 1. The molecule has 6 aromatic carbocycles. The molecule has 127 heavy (non-hydrogen) atoms. The van der Waals surface area contributed by atoms with Gasteiger partial charge in [0.1, 0.15) is 99.0 Å². The van der Waals surface area contributed by atoms with E-state index in [0.29, 0.717) is 152 Å². The Morgan fingerprint density at radius 3 is 1.53 bits per heavy atom. The summed E-state index contributed by atoms with van der Waals surface area (Å²) in [7, 11) is -4.14. The van der Waals surface area contributed by atoms with E-state index in [2.05, 4.69) is 36.1 Å². The summed E-state index contributed by atoms with van der Waals surface area (Å²) in [4.78, 5) is 73.7. The number of likely N-dealkylation sites (tertiary alicyclic amines) is 3. The SMILES string of the molecule is CCOC(=O)CC1(O)CCNC1.COC(=O)[C@@H]1CCCCN1Cc1cc(Cl)c(OCc2cccc(-c3ccc4c(c3)OC(CC=O)CO4)c2C)cc1OCc1cncc(S(C)(=O)=O)c1.COC(=O)[C@@H]1CCCCN1Cc1cc(Cl)c(OCc2cccc(-c3ccc4c(c3)OC(CCN3CCC(O)(CC(C)=O)C3)CO4)c2C)cc1OCc1cncc(S(C)(=O)=O)c1.S.S. The maximum absolute atomic E-state index is 12.7. The first-order valence-electron chi connectivity index (χ1n) is 42.0. The fourth-order valence-electron chi connectivity index (χ4n) is 16.3. The van der Waals surface area contributed by atoms with Crippen LogP contribution in [0.15, 0.2) is 144 Å². The van der Waals surface area contributed by atoms with E-state index >= 15 is 0 Å². The van der Waals surface area contributed by atoms with Crippen LogP contribution in [0.2, 0.25) is 10.0 Å². The molecule has 34 heteroatoms. The van der Waals surface area contributed by atoms with Crippen LogP contribution >= 0.6 is 50.2 Å². The number of aliphatic hydroxyl groups is 2. The predicted molar refractivity (Wildman–Crippen MR) is 489 cm³/mol. The lowest BCUT2D eigenvalue weighted by atomic mass is 9.96. The molecule has 28 nitrogen and oxygen atoms in total. The molecule has 2 aromatic heterocycles. The van der Waals surface area contributed by atoms with Crippen LogP contribution in [0.25, 0.3) is 22.3 Å². The Hall–Kier alpha value is -9.29. The molecule has 686 valence electrons. The van der Waals surface area contributed by atoms with Gasteiger partial charge in [-0.15, -0.1) is 0 Å². The number of hydrogen-bond donors (Lipinski definition) is 3. The van der Waals surface area contributed by atoms with Gasteiger partial charge in [-0.3, -0.25) is 38.9 Å². The summed E-state index contributed by atoms with van der Waals surface area (Å²) < 4.78 is 113. The number of benzene rings is 6. The highest BCUT2D eigenvalue weighted by molar-refractivity contribution is 7.91. The summed E-state index contributed by atoms with van der Waals surface area (Å²) in [5, 5.41) is 24.3. The molecular formula is C93H114Cl2N6O22S4. The van der Waals surface area contributed by atoms with Gasteiger partial charge in [-0.2, -0.15) is 27.0 Å². The van der Waals surface area contributed by atoms with Crippen LogP contribution in [-0.2, 0) is 97.4 Å². The number of ether oxygens (including phenoxy) is 11. The van der Waals surface area contributed by atoms with Crippen molar-refractivity contribution in [2.45, 2.75) is 190 Å². The zero-order valence-electron chi connectivity index (χ0n) is 72.8. The van der Waals surface area contributed by atoms with Gasteiger partial charge in [0.15, 0.2) is 42.7 Å². The largest absolute Gasteiger partial charge is 0.488 e. The van der Waals surface area contributed by atoms with Crippen molar-refractivity contribution in [1.82, 2.24) is 30.0 Å². The topological polar surface area (TPSA) is 343 Å². The summed E-state index contributed by atoms with van der Waals surface area (Å²) in [5.41, 5.74) is 8.60. The first kappa shape index (κ1) is 99.9. The van der Waals surface area contributed by atoms with Crippen LogP contribution in [0, 0.1) is 13.8 Å². The second-order valence-corrected chi connectivity index (χ2v) is 37.5. The summed E-state index contributed by atoms with van der Waals surface area (Å²) in [6, 6.07) is 33.1. The van der Waals surface area contributed by atoms with Gasteiger partial charge in [0.05, 0.1) is 58.3 Å². The summed E-state index contributed by atoms with van der Waals surface area (Å²) in [6.45, 7) is 14.3. The fourth-order valence-corrected chi connectivity index (χ4v) is 18.0. The number of methoxy groups -OCH3 is 2. The first-order chi connectivity index (χ1) is 59.9. The molecule has 8 aromatic rings. The van der Waals surface area contributed by atoms with E-state index in [1.54, 1.807) is 49.6 Å². The van der Waals surface area contributed by atoms with Crippen molar-refractivity contribution in [2.24, 2.45) is 0 Å². The van der Waals surface area contributed by atoms with Crippen molar-refractivity contribution in [3.8, 4) is 68.2 Å². The maximum atomic E-state index is 12.7. The van der Waals surface area contributed by atoms with E-state index in [0.717, 1.165) is 126 Å². The number of sulfone groups is 2. The van der Waals surface area contributed by atoms with Gasteiger partial charge in [0.25, 0.3) is 0 Å². The molecule has 0 radical (unpaired) electrons. The monoisotopic (exact) mass is 1860 g/mol. The third kappa shape index (κ3) is 27.2. The number of pyridine rings is 2. The molecule has 0 spiro atoms. The van der Waals surface area contributed by atoms with E-state index in [-0.39, 0.29) is 124 Å². The Balaban J connectivity index is 0.000000232. The van der Waals surface area contributed by atoms with Gasteiger partial charge in [-0.25, -0.2) is 16.8 Å². The van der Waals surface area contributed by atoms with Gasteiger partial charge in [-0.1, -0.05) is 84.6 Å². The van der Waals surface area contributed by atoms with E-state index in [9.17, 15) is 51.0 Å². The summed E-state index contributed by atoms with van der Waals surface area (Å²) in [5.74, 6) is 3.46. The fraction of sp³-hybridized carbons (Fsp3) is 0.452. The standard InChI is InChI=1S/C46H54ClN3O10S.C39H41ClN2O9S.C8H15NO3.2H2S/c1-30(51)22-46(53)14-17-49(29-46)16-13-36-28-59-41-12-11-33(20-44(41)60-36)38-9-7-8-34(31(38)2)27-58-43-21-42(57-26-32-18-37(24-48-23-32)61(4,54)55)35(19-39(43)47)25-50-15-6-5-10-40(50)45(52)56-3;1-25-28(7-6-8-32(25)27-10-11-35-38(17-27)51-30(12-14-43)24-50-35)23-49-37-18-36(48-22-26-15-31(20-41-19-26)52(3,45)46)29(16-33(37)40)21-42-13-5-4-9-34(42)39(44)47-2;1-2-12-7(10)5-8(11)3-4-9-6-8;;/h7-9,11-12,18-21,23-24,36,40,53H,5-6,10,13-17,22,25-29H2,1-4H3;6-8,10-11,14-20,30,34H,4-5,9,12-13,21-24H2,1-3H3;9,11H,2-6H2,1H3;2*1H2/t36?,40-,46?;30?,34-;;;/m00.../s1. The van der Waals surface area contributed by atoms with Crippen LogP contribution < -0.4 is 43.2 Å². The van der Waals surface area contributed by atoms with E-state index in [4.69, 9.17) is 75.3 Å². The third-order valence-corrected chi connectivity index (χ3v) is 25.8. The van der Waals surface area contributed by atoms with E-state index in [1.165, 1.54) is 39.6 Å². The lowest BCUT2D eigenvalue weighted by Crippen LogP contribution is -2.44. The van der Waals surface area contributed by atoms with Crippen LogP contribution in [0.3, 0.4) is 0 Å². The van der Waals surface area contributed by atoms with Crippen molar-refractivity contribution in [3.63, 3.8) is 0 Å². The number of nitrogens with one attached hydrogen (secondary N) is 1. The number of ketones is 1. The molecule has 0 saturated carbocycles. The van der Waals surface area contributed by atoms with Gasteiger partial charge >= 0.3 is 17.9 Å². The van der Waals surface area contributed by atoms with Crippen LogP contribution in [0.4, 0.5) is 0 Å². The molecule has 4 unspecified atom stereocenters. The summed E-state index contributed by atoms with van der Waals surface area (Å²) in [6.07, 6.45) is 15.9. The molecule has 6 aliphatic heterocycles. The molecule has 4 fully saturated rings. The number of hydrogen-bond acceptors (Lipinski definition) is 28. The average Bonchev–Trinajstić information content (AvgIpc) is 1.22. The molecule has 0 amide bonds. The average molecular weight is 1870 g/mol. The number of halogens is 2. The quantitative estimate of drug-likeness (QED) is 0.0200. The van der Waals surface area contributed by atoms with Crippen LogP contribution in [-0.4, -0.2) is 210 Å². The number of fused-ring (bicyclic) bond motifs is 2. The Morgan fingerprint density at radius 2 is 1.07 bits per heavy atom. The van der Waals surface area contributed by atoms with Crippen LogP contribution in [0.1, 0.15) is 135 Å². The molecule has 14 rings (SSSR count). The lowest BCUT2D eigenvalue weighted by Gasteiger charge is -2.34. The second kappa shape index (κ2) is 45.8. The Bertz CT molecular complexity index is 5420. The number of esters is 3. The number of piperidine rings is 2. The smallest absolute Gasteiger partial charge is 0.323 e. The molecule has 6 atom stereocenters. The van der Waals surface area contributed by atoms with Crippen molar-refractivity contribution in [1.29, 1.82) is 0 Å². The van der Waals surface area contributed by atoms with E-state index in [1.807, 2.05) is 80.6 Å². The van der Waals surface area contributed by atoms with Gasteiger partial charge < -0.3 is 77.3 Å². The lowest BCUT2D eigenvalue weighted by molar-refractivity contribution is -0.149. The minimum Gasteiger partial charge on any atom is -0.488 e. The zero-order chi connectivity index (χ0) is 89.2. The Kier molecular flexibility index (Phi) is 36.0. The minimum atomic E-state index is -3.47. The highest BCUT2D eigenvalue weighted by Gasteiger charge is 2.39. The van der Waals surface area contributed by atoms with Gasteiger partial charge in [0.2, 0.25) is 0 Å². The number of β-amino-alcohol motifs (C(OH)–C–C–N with tert-alkyl or cyclic N) is 2. The molecular weight excluding hydrogens is 1750 g/mol. The van der Waals surface area contributed by atoms with Crippen molar-refractivity contribution in [2.75, 3.05) is 92.4 Å². The first-order valence-corrected chi connectivity index (χ1v) is 46.5. The predicted octanol–water partition coefficient (Wildman–Crippen LogP) is 13.2. The Morgan fingerprint density at radius 1 is 0.583 bits per heavy atom. The second-order valence-electron chi connectivity index (χ2n) is 32.6. The zero-order valence-corrected chi connectivity index (χ0v) is 77.9. The number of nitrogens with zero attached hydrogens (tertiary/aromatic N) is 5. The molecule has 4 saturated heterocycles. The third-order valence-electron chi connectivity index (χ3n) is 23.1. The number of aromatic nitrogens is 2. The van der Waals surface area contributed by atoms with Gasteiger partial charge in [-0.05, 0) is 179 Å². The molecule has 0 bridgehead atoms. The molecule has 0 aliphatic carbocycles. The normalized spacial score (nSPS) is 19.7. The van der Waals surface area contributed by atoms with Crippen molar-refractivity contribution >= 4 is 99.8 Å². The van der Waals surface area contributed by atoms with Gasteiger partial charge in [0, 0.05) is 130 Å². The maximum Gasteiger partial charge on any atom is 0.323 e. The highest BCUT2D eigenvalue weighted by atomic mass is 35.5. The summed E-state index contributed by atoms with van der Waals surface area (Å²) >= 11 is 13.8. The minimum absolute atomic E-state index is 0. The number of aldehydes is 1. The molecule has 3 N–H and O–H groups in total. The number of rotatable bonds is 32. The molecule has 8 heterocycles. The van der Waals surface area contributed by atoms with E-state index < -0.39 is 36.9 Å². The number of carbonyl (C=O) groups excluding carboxylic acids is 5. The van der Waals surface area contributed by atoms with Crippen LogP contribution in [0.5, 0.6) is 46.0 Å². The molecule has 6 aliphatic rings. The highest BCUT2D eigenvalue weighted by Crippen LogP contribution is 2.43. The number of carbonyl (C=O) groups is 5. The Labute approximate surface area is 766 Å². The van der Waals surface area contributed by atoms with Crippen molar-refractivity contribution in [3.05, 3.63) is 189 Å².